The van der Waals surface area contributed by atoms with E-state index >= 15 is 0 Å². The van der Waals surface area contributed by atoms with Crippen LogP contribution in [-0.2, 0) is 28.6 Å². The van der Waals surface area contributed by atoms with Gasteiger partial charge in [-0.15, -0.1) is 0 Å². The third-order valence-corrected chi connectivity index (χ3v) is 9.84. The molecule has 0 aliphatic heterocycles. The number of ether oxygens (including phenoxy) is 3. The summed E-state index contributed by atoms with van der Waals surface area (Å²) >= 11 is 0. The molecule has 0 aromatic heterocycles. The Labute approximate surface area is 197 Å². The smallest absolute Gasteiger partial charge is 0.307 e. The summed E-state index contributed by atoms with van der Waals surface area (Å²) in [6.45, 7) is 11.0. The number of hydrogen-bond donors (Lipinski definition) is 0. The van der Waals surface area contributed by atoms with Gasteiger partial charge in [-0.2, -0.15) is 0 Å². The van der Waals surface area contributed by atoms with Gasteiger partial charge in [0.1, 0.15) is 18.0 Å². The number of esters is 3. The second kappa shape index (κ2) is 8.74. The van der Waals surface area contributed by atoms with Gasteiger partial charge in [-0.05, 0) is 93.0 Å². The maximum atomic E-state index is 12.2. The van der Waals surface area contributed by atoms with E-state index in [0.717, 1.165) is 56.9 Å². The summed E-state index contributed by atoms with van der Waals surface area (Å²) in [6.07, 6.45) is 7.79. The number of rotatable bonds is 3. The first-order valence-electron chi connectivity index (χ1n) is 12.7. The van der Waals surface area contributed by atoms with E-state index in [1.165, 1.54) is 20.8 Å². The summed E-state index contributed by atoms with van der Waals surface area (Å²) in [4.78, 5) is 35.4. The third kappa shape index (κ3) is 4.12. The molecular weight excluding hydrogens is 420 g/mol. The van der Waals surface area contributed by atoms with Crippen LogP contribution in [0.2, 0.25) is 0 Å². The van der Waals surface area contributed by atoms with E-state index in [0.29, 0.717) is 29.4 Å². The van der Waals surface area contributed by atoms with Crippen molar-refractivity contribution in [2.75, 3.05) is 0 Å². The molecule has 0 heterocycles. The molecule has 4 fully saturated rings. The van der Waals surface area contributed by atoms with E-state index in [2.05, 4.69) is 13.8 Å². The average Bonchev–Trinajstić information content (AvgIpc) is 3.06. The van der Waals surface area contributed by atoms with Gasteiger partial charge in [0.15, 0.2) is 0 Å². The van der Waals surface area contributed by atoms with Crippen molar-refractivity contribution in [3.05, 3.63) is 11.3 Å². The predicted octanol–water partition coefficient (Wildman–Crippen LogP) is 5.34. The lowest BCUT2D eigenvalue weighted by Gasteiger charge is -2.62. The first kappa shape index (κ1) is 24.3. The van der Waals surface area contributed by atoms with E-state index < -0.39 is 0 Å². The minimum atomic E-state index is -0.303. The molecule has 0 saturated heterocycles. The molecule has 0 radical (unpaired) electrons. The molecule has 4 rings (SSSR count). The number of allylic oxidation sites excluding steroid dienone is 1. The van der Waals surface area contributed by atoms with Gasteiger partial charge in [0, 0.05) is 26.2 Å². The highest BCUT2D eigenvalue weighted by Crippen LogP contribution is 2.68. The topological polar surface area (TPSA) is 78.9 Å². The fourth-order valence-corrected chi connectivity index (χ4v) is 8.53. The Morgan fingerprint density at radius 3 is 2.15 bits per heavy atom. The largest absolute Gasteiger partial charge is 0.463 e. The van der Waals surface area contributed by atoms with Gasteiger partial charge in [0.25, 0.3) is 0 Å². The predicted molar refractivity (Wildman–Crippen MR) is 123 cm³/mol. The Morgan fingerprint density at radius 2 is 1.52 bits per heavy atom. The Bertz CT molecular complexity index is 861. The maximum Gasteiger partial charge on any atom is 0.307 e. The van der Waals surface area contributed by atoms with Crippen molar-refractivity contribution in [2.45, 2.75) is 105 Å². The van der Waals surface area contributed by atoms with Crippen LogP contribution in [0.1, 0.15) is 92.9 Å². The standard InChI is InChI=1S/C27H40O6/c1-15(31-16(2)28)22-9-10-23-21-8-7-19-13-20(32-17(3)29)11-12-26(19,5)24(21)14-25(27(22,23)6)33-18(4)30/h19-21,23-25H,7-14H2,1-6H3/b22-15+/t19-,20+,21-,23-,24-,25-,26-,27+/m0/s1. The Balaban J connectivity index is 1.67. The minimum absolute atomic E-state index is 0.0302. The van der Waals surface area contributed by atoms with Gasteiger partial charge >= 0.3 is 17.9 Å². The normalized spacial score (nSPS) is 43.5. The zero-order valence-electron chi connectivity index (χ0n) is 21.1. The lowest BCUT2D eigenvalue weighted by Crippen LogP contribution is -2.58. The van der Waals surface area contributed by atoms with Crippen LogP contribution in [0.15, 0.2) is 11.3 Å². The van der Waals surface area contributed by atoms with Gasteiger partial charge in [-0.3, -0.25) is 14.4 Å². The lowest BCUT2D eigenvalue weighted by molar-refractivity contribution is -0.184. The van der Waals surface area contributed by atoms with E-state index in [4.69, 9.17) is 14.2 Å². The molecule has 184 valence electrons. The lowest BCUT2D eigenvalue weighted by atomic mass is 9.44. The molecule has 0 bridgehead atoms. The fourth-order valence-electron chi connectivity index (χ4n) is 8.53. The molecule has 4 aliphatic carbocycles. The molecule has 0 spiro atoms. The van der Waals surface area contributed by atoms with Crippen LogP contribution in [0.5, 0.6) is 0 Å². The highest BCUT2D eigenvalue weighted by atomic mass is 16.5. The molecule has 6 nitrogen and oxygen atoms in total. The molecule has 0 unspecified atom stereocenters. The first-order valence-corrected chi connectivity index (χ1v) is 12.7. The average molecular weight is 461 g/mol. The van der Waals surface area contributed by atoms with Crippen LogP contribution >= 0.6 is 0 Å². The Hall–Kier alpha value is -1.85. The van der Waals surface area contributed by atoms with Gasteiger partial charge < -0.3 is 14.2 Å². The molecule has 8 atom stereocenters. The van der Waals surface area contributed by atoms with Crippen molar-refractivity contribution >= 4 is 17.9 Å². The fraction of sp³-hybridized carbons (Fsp3) is 0.815. The summed E-state index contributed by atoms with van der Waals surface area (Å²) in [5, 5.41) is 0. The van der Waals surface area contributed by atoms with E-state index in [1.807, 2.05) is 6.92 Å². The molecule has 4 aliphatic rings. The monoisotopic (exact) mass is 460 g/mol. The van der Waals surface area contributed by atoms with E-state index in [-0.39, 0.29) is 40.9 Å². The molecule has 33 heavy (non-hydrogen) atoms. The quantitative estimate of drug-likeness (QED) is 0.321. The van der Waals surface area contributed by atoms with Crippen molar-refractivity contribution < 1.29 is 28.6 Å². The summed E-state index contributed by atoms with van der Waals surface area (Å²) < 4.78 is 17.2. The number of hydrogen-bond acceptors (Lipinski definition) is 6. The zero-order valence-corrected chi connectivity index (χ0v) is 21.1. The Kier molecular flexibility index (Phi) is 6.43. The van der Waals surface area contributed by atoms with Gasteiger partial charge in [0.2, 0.25) is 0 Å². The highest BCUT2D eigenvalue weighted by molar-refractivity contribution is 5.68. The van der Waals surface area contributed by atoms with E-state index in [1.54, 1.807) is 0 Å². The second-order valence-corrected chi connectivity index (χ2v) is 11.4. The molecular formula is C27H40O6. The molecule has 6 heteroatoms. The van der Waals surface area contributed by atoms with Crippen molar-refractivity contribution in [1.82, 2.24) is 0 Å². The van der Waals surface area contributed by atoms with Gasteiger partial charge in [-0.25, -0.2) is 0 Å². The zero-order chi connectivity index (χ0) is 24.1. The molecule has 4 saturated carbocycles. The van der Waals surface area contributed by atoms with Crippen molar-refractivity contribution in [1.29, 1.82) is 0 Å². The number of carbonyl (C=O) groups excluding carboxylic acids is 3. The van der Waals surface area contributed by atoms with Crippen LogP contribution in [0.25, 0.3) is 0 Å². The first-order chi connectivity index (χ1) is 15.5. The maximum absolute atomic E-state index is 12.2. The highest BCUT2D eigenvalue weighted by Gasteiger charge is 2.63. The van der Waals surface area contributed by atoms with Crippen molar-refractivity contribution in [3.8, 4) is 0 Å². The number of carbonyl (C=O) groups is 3. The minimum Gasteiger partial charge on any atom is -0.463 e. The SMILES string of the molecule is CC(=O)O/C(C)=C1\CC[C@H]2[C@@H]3CC[C@H]4C[C@H](OC(C)=O)CC[C@]4(C)[C@H]3C[C@H](OC(C)=O)[C@]12C. The van der Waals surface area contributed by atoms with Crippen molar-refractivity contribution in [2.24, 2.45) is 34.5 Å². The van der Waals surface area contributed by atoms with Gasteiger partial charge in [0.05, 0.1) is 0 Å². The summed E-state index contributed by atoms with van der Waals surface area (Å²) in [7, 11) is 0. The molecule has 0 N–H and O–H groups in total. The summed E-state index contributed by atoms with van der Waals surface area (Å²) in [5.74, 6) is 1.93. The molecule has 0 aromatic carbocycles. The number of fused-ring (bicyclic) bond motifs is 5. The second-order valence-electron chi connectivity index (χ2n) is 11.4. The molecule has 0 aromatic rings. The van der Waals surface area contributed by atoms with E-state index in [9.17, 15) is 14.4 Å². The van der Waals surface area contributed by atoms with Crippen LogP contribution in [0, 0.1) is 34.5 Å². The van der Waals surface area contributed by atoms with Crippen LogP contribution in [0.3, 0.4) is 0 Å². The van der Waals surface area contributed by atoms with Crippen LogP contribution < -0.4 is 0 Å². The van der Waals surface area contributed by atoms with Crippen LogP contribution in [-0.4, -0.2) is 30.1 Å². The summed E-state index contributed by atoms with van der Waals surface area (Å²) in [5.41, 5.74) is 1.01. The third-order valence-electron chi connectivity index (χ3n) is 9.84. The Morgan fingerprint density at radius 1 is 0.818 bits per heavy atom. The van der Waals surface area contributed by atoms with Gasteiger partial charge in [-0.1, -0.05) is 13.8 Å². The molecule has 0 amide bonds. The van der Waals surface area contributed by atoms with Crippen LogP contribution in [0.4, 0.5) is 0 Å². The summed E-state index contributed by atoms with van der Waals surface area (Å²) in [6, 6.07) is 0. The van der Waals surface area contributed by atoms with Crippen molar-refractivity contribution in [3.63, 3.8) is 0 Å².